The zero-order valence-corrected chi connectivity index (χ0v) is 11.6. The van der Waals surface area contributed by atoms with Crippen LogP contribution in [0.1, 0.15) is 46.0 Å². The summed E-state index contributed by atoms with van der Waals surface area (Å²) in [6.45, 7) is 6.29. The van der Waals surface area contributed by atoms with Crippen LogP contribution in [0.25, 0.3) is 0 Å². The number of rotatable bonds is 7. The van der Waals surface area contributed by atoms with Gasteiger partial charge in [0.25, 0.3) is 0 Å². The lowest BCUT2D eigenvalue weighted by molar-refractivity contribution is -0.130. The molecule has 1 heterocycles. The summed E-state index contributed by atoms with van der Waals surface area (Å²) < 4.78 is 0. The van der Waals surface area contributed by atoms with Crippen molar-refractivity contribution < 1.29 is 9.90 Å². The third-order valence-corrected chi connectivity index (χ3v) is 3.94. The summed E-state index contributed by atoms with van der Waals surface area (Å²) in [5.74, 6) is 0.277. The molecule has 0 aromatic heterocycles. The van der Waals surface area contributed by atoms with Gasteiger partial charge in [-0.3, -0.25) is 4.79 Å². The van der Waals surface area contributed by atoms with Gasteiger partial charge in [0.1, 0.15) is 0 Å². The second-order valence-electron chi connectivity index (χ2n) is 6.53. The van der Waals surface area contributed by atoms with E-state index < -0.39 is 0 Å². The van der Waals surface area contributed by atoms with E-state index in [1.54, 1.807) is 0 Å². The number of nitrogens with zero attached hydrogens (tertiary/aromatic N) is 1. The van der Waals surface area contributed by atoms with Crippen LogP contribution in [0.5, 0.6) is 0 Å². The van der Waals surface area contributed by atoms with Gasteiger partial charge < -0.3 is 15.3 Å². The highest BCUT2D eigenvalue weighted by molar-refractivity contribution is 5.84. The van der Waals surface area contributed by atoms with E-state index in [0.29, 0.717) is 6.04 Å². The van der Waals surface area contributed by atoms with E-state index >= 15 is 0 Å². The lowest BCUT2D eigenvalue weighted by Crippen LogP contribution is -2.42. The van der Waals surface area contributed by atoms with Gasteiger partial charge in [0.15, 0.2) is 0 Å². The second kappa shape index (κ2) is 5.57. The first kappa shape index (κ1) is 13.8. The average molecular weight is 254 g/mol. The Labute approximate surface area is 110 Å². The Morgan fingerprint density at radius 3 is 2.72 bits per heavy atom. The van der Waals surface area contributed by atoms with E-state index in [4.69, 9.17) is 5.11 Å². The minimum absolute atomic E-state index is 0.0612. The number of hydrogen-bond acceptors (Lipinski definition) is 3. The number of amides is 1. The van der Waals surface area contributed by atoms with E-state index in [-0.39, 0.29) is 24.0 Å². The molecule has 0 aromatic carbocycles. The number of carbonyl (C=O) groups excluding carboxylic acids is 1. The number of aliphatic hydroxyl groups excluding tert-OH is 1. The molecule has 18 heavy (non-hydrogen) atoms. The molecule has 0 radical (unpaired) electrons. The van der Waals surface area contributed by atoms with Crippen LogP contribution in [0.4, 0.5) is 0 Å². The van der Waals surface area contributed by atoms with Crippen molar-refractivity contribution in [1.82, 2.24) is 10.2 Å². The molecule has 4 heteroatoms. The van der Waals surface area contributed by atoms with Crippen molar-refractivity contribution in [2.24, 2.45) is 5.41 Å². The molecule has 1 atom stereocenters. The minimum atomic E-state index is 0.0612. The van der Waals surface area contributed by atoms with Gasteiger partial charge in [0.2, 0.25) is 5.91 Å². The fourth-order valence-corrected chi connectivity index (χ4v) is 2.74. The smallest absolute Gasteiger partial charge is 0.239 e. The van der Waals surface area contributed by atoms with Gasteiger partial charge >= 0.3 is 0 Å². The fraction of sp³-hybridized carbons (Fsp3) is 0.929. The molecule has 104 valence electrons. The molecule has 1 saturated carbocycles. The molecule has 0 bridgehead atoms. The predicted molar refractivity (Wildman–Crippen MR) is 71.2 cm³/mol. The zero-order chi connectivity index (χ0) is 13.2. The summed E-state index contributed by atoms with van der Waals surface area (Å²) in [5, 5.41) is 12.3. The summed E-state index contributed by atoms with van der Waals surface area (Å²) in [6, 6.07) is 0.660. The second-order valence-corrected chi connectivity index (χ2v) is 6.53. The molecule has 1 aliphatic carbocycles. The molecule has 1 amide bonds. The van der Waals surface area contributed by atoms with Crippen molar-refractivity contribution in [2.45, 2.75) is 58.0 Å². The Hall–Kier alpha value is -0.610. The molecule has 2 fully saturated rings. The first-order chi connectivity index (χ1) is 8.52. The summed E-state index contributed by atoms with van der Waals surface area (Å²) in [5.41, 5.74) is 0.104. The van der Waals surface area contributed by atoms with Crippen molar-refractivity contribution in [3.8, 4) is 0 Å². The number of likely N-dealkylation sites (tertiary alicyclic amines) is 1. The van der Waals surface area contributed by atoms with Crippen LogP contribution in [0, 0.1) is 5.41 Å². The Bertz CT molecular complexity index is 300. The molecular weight excluding hydrogens is 228 g/mol. The maximum absolute atomic E-state index is 12.2. The summed E-state index contributed by atoms with van der Waals surface area (Å²) >= 11 is 0. The quantitative estimate of drug-likeness (QED) is 0.716. The molecule has 1 aliphatic heterocycles. The monoisotopic (exact) mass is 254 g/mol. The number of nitrogens with one attached hydrogen (secondary N) is 1. The molecule has 2 aliphatic rings. The van der Waals surface area contributed by atoms with E-state index in [9.17, 15) is 4.79 Å². The lowest BCUT2D eigenvalue weighted by atomic mass is 9.87. The van der Waals surface area contributed by atoms with Crippen molar-refractivity contribution >= 4 is 5.91 Å². The fourth-order valence-electron chi connectivity index (χ4n) is 2.74. The van der Waals surface area contributed by atoms with Gasteiger partial charge in [-0.2, -0.15) is 0 Å². The van der Waals surface area contributed by atoms with Crippen molar-refractivity contribution in [3.05, 3.63) is 0 Å². The average Bonchev–Trinajstić information content (AvgIpc) is 3.07. The topological polar surface area (TPSA) is 52.6 Å². The van der Waals surface area contributed by atoms with Gasteiger partial charge in [-0.1, -0.05) is 13.8 Å². The number of hydrogen-bond donors (Lipinski definition) is 2. The molecule has 4 nitrogen and oxygen atoms in total. The molecule has 0 spiro atoms. The Kier molecular flexibility index (Phi) is 4.28. The van der Waals surface area contributed by atoms with Gasteiger partial charge in [-0.25, -0.2) is 0 Å². The van der Waals surface area contributed by atoms with Gasteiger partial charge in [0.05, 0.1) is 6.04 Å². The van der Waals surface area contributed by atoms with Crippen LogP contribution in [-0.4, -0.2) is 47.7 Å². The van der Waals surface area contributed by atoms with Crippen LogP contribution >= 0.6 is 0 Å². The molecule has 0 aromatic rings. The van der Waals surface area contributed by atoms with Gasteiger partial charge in [-0.15, -0.1) is 0 Å². The van der Waals surface area contributed by atoms with Crippen molar-refractivity contribution in [3.63, 3.8) is 0 Å². The molecule has 1 saturated heterocycles. The predicted octanol–water partition coefficient (Wildman–Crippen LogP) is 1.14. The maximum atomic E-state index is 12.2. The molecule has 1 unspecified atom stereocenters. The first-order valence-corrected chi connectivity index (χ1v) is 7.17. The van der Waals surface area contributed by atoms with Crippen LogP contribution in [-0.2, 0) is 4.79 Å². The Morgan fingerprint density at radius 2 is 2.11 bits per heavy atom. The van der Waals surface area contributed by atoms with Gasteiger partial charge in [-0.05, 0) is 37.5 Å². The maximum Gasteiger partial charge on any atom is 0.239 e. The highest BCUT2D eigenvalue weighted by Crippen LogP contribution is 2.27. The summed E-state index contributed by atoms with van der Waals surface area (Å²) in [4.78, 5) is 14.2. The van der Waals surface area contributed by atoms with Crippen LogP contribution in [0.2, 0.25) is 0 Å². The third-order valence-electron chi connectivity index (χ3n) is 3.94. The molecular formula is C14H26N2O2. The highest BCUT2D eigenvalue weighted by atomic mass is 16.3. The molecule has 2 rings (SSSR count). The first-order valence-electron chi connectivity index (χ1n) is 7.17. The Balaban J connectivity index is 1.80. The normalized spacial score (nSPS) is 24.9. The summed E-state index contributed by atoms with van der Waals surface area (Å²) in [6.07, 6.45) is 5.19. The van der Waals surface area contributed by atoms with E-state index in [2.05, 4.69) is 19.2 Å². The van der Waals surface area contributed by atoms with Crippen LogP contribution < -0.4 is 5.32 Å². The lowest BCUT2D eigenvalue weighted by Gasteiger charge is -2.30. The highest BCUT2D eigenvalue weighted by Gasteiger charge is 2.37. The van der Waals surface area contributed by atoms with Crippen LogP contribution in [0.3, 0.4) is 0 Å². The third kappa shape index (κ3) is 3.69. The van der Waals surface area contributed by atoms with E-state index in [0.717, 1.165) is 32.4 Å². The minimum Gasteiger partial charge on any atom is -0.396 e. The largest absolute Gasteiger partial charge is 0.396 e. The zero-order valence-electron chi connectivity index (χ0n) is 11.6. The summed E-state index contributed by atoms with van der Waals surface area (Å²) in [7, 11) is 0. The van der Waals surface area contributed by atoms with Crippen molar-refractivity contribution in [2.75, 3.05) is 19.7 Å². The number of carbonyl (C=O) groups is 1. The standard InChI is InChI=1S/C14H26N2O2/c1-14(2,7-3-9-17)10-16-8-6-12(13(16)18)15-11-4-5-11/h11-12,15,17H,3-10H2,1-2H3. The van der Waals surface area contributed by atoms with Crippen LogP contribution in [0.15, 0.2) is 0 Å². The van der Waals surface area contributed by atoms with E-state index in [1.165, 1.54) is 12.8 Å². The Morgan fingerprint density at radius 1 is 1.39 bits per heavy atom. The molecule has 2 N–H and O–H groups in total. The SMILES string of the molecule is CC(C)(CCCO)CN1CCC(NC2CC2)C1=O. The van der Waals surface area contributed by atoms with E-state index in [1.807, 2.05) is 4.90 Å². The van der Waals surface area contributed by atoms with Gasteiger partial charge in [0, 0.05) is 25.7 Å². The van der Waals surface area contributed by atoms with Crippen molar-refractivity contribution in [1.29, 1.82) is 0 Å². The number of aliphatic hydroxyl groups is 1.